The van der Waals surface area contributed by atoms with Gasteiger partial charge in [-0.1, -0.05) is 12.1 Å². The Kier molecular flexibility index (Phi) is 2.95. The van der Waals surface area contributed by atoms with Crippen LogP contribution in [0.3, 0.4) is 0 Å². The molecule has 1 aliphatic rings. The summed E-state index contributed by atoms with van der Waals surface area (Å²) in [6.45, 7) is -0.0361. The summed E-state index contributed by atoms with van der Waals surface area (Å²) in [6, 6.07) is 4.90. The van der Waals surface area contributed by atoms with Gasteiger partial charge < -0.3 is 15.3 Å². The molecular weight excluding hydrogens is 227 g/mol. The fourth-order valence-corrected chi connectivity index (χ4v) is 1.85. The number of rotatable bonds is 3. The van der Waals surface area contributed by atoms with Crippen LogP contribution in [0.5, 0.6) is 0 Å². The number of carboxylic acid groups (broad SMARTS) is 1. The summed E-state index contributed by atoms with van der Waals surface area (Å²) >= 11 is 0. The molecule has 0 saturated carbocycles. The zero-order valence-corrected chi connectivity index (χ0v) is 8.89. The van der Waals surface area contributed by atoms with Gasteiger partial charge in [-0.15, -0.1) is 0 Å². The van der Waals surface area contributed by atoms with Gasteiger partial charge in [0.25, 0.3) is 0 Å². The van der Waals surface area contributed by atoms with Crippen molar-refractivity contribution in [3.63, 3.8) is 0 Å². The van der Waals surface area contributed by atoms with Crippen molar-refractivity contribution in [2.45, 2.75) is 6.04 Å². The molecule has 0 aliphatic carbocycles. The Morgan fingerprint density at radius 3 is 2.71 bits per heavy atom. The summed E-state index contributed by atoms with van der Waals surface area (Å²) in [7, 11) is 0. The molecule has 2 rings (SSSR count). The van der Waals surface area contributed by atoms with E-state index in [0.717, 1.165) is 0 Å². The molecule has 1 aliphatic heterocycles. The average Bonchev–Trinajstić information content (AvgIpc) is 2.61. The normalized spacial score (nSPS) is 19.2. The van der Waals surface area contributed by atoms with Crippen molar-refractivity contribution >= 4 is 12.0 Å². The first-order chi connectivity index (χ1) is 8.08. The Morgan fingerprint density at radius 1 is 1.47 bits per heavy atom. The van der Waals surface area contributed by atoms with Crippen LogP contribution in [0, 0.1) is 5.82 Å². The largest absolute Gasteiger partial charge is 0.480 e. The molecular formula is C11H11FN2O3. The fraction of sp³-hybridized carbons (Fsp3) is 0.273. The summed E-state index contributed by atoms with van der Waals surface area (Å²) < 4.78 is 12.8. The van der Waals surface area contributed by atoms with E-state index in [4.69, 9.17) is 5.11 Å². The second-order valence-electron chi connectivity index (χ2n) is 3.78. The second kappa shape index (κ2) is 4.40. The van der Waals surface area contributed by atoms with E-state index in [1.807, 2.05) is 0 Å². The third-order valence-electron chi connectivity index (χ3n) is 2.64. The van der Waals surface area contributed by atoms with Crippen LogP contribution in [0.4, 0.5) is 9.18 Å². The lowest BCUT2D eigenvalue weighted by atomic mass is 10.1. The lowest BCUT2D eigenvalue weighted by Gasteiger charge is -2.21. The van der Waals surface area contributed by atoms with E-state index in [1.54, 1.807) is 12.1 Å². The summed E-state index contributed by atoms with van der Waals surface area (Å²) in [4.78, 5) is 23.3. The molecule has 2 N–H and O–H groups in total. The molecule has 0 aromatic heterocycles. The summed E-state index contributed by atoms with van der Waals surface area (Å²) in [5.41, 5.74) is 0.714. The Bertz CT molecular complexity index is 447. The molecule has 0 spiro atoms. The van der Waals surface area contributed by atoms with E-state index in [0.29, 0.717) is 12.1 Å². The number of carboxylic acids is 1. The molecule has 17 heavy (non-hydrogen) atoms. The molecule has 1 unspecified atom stereocenters. The van der Waals surface area contributed by atoms with Gasteiger partial charge in [0.15, 0.2) is 0 Å². The summed E-state index contributed by atoms with van der Waals surface area (Å²) in [5, 5.41) is 11.3. The van der Waals surface area contributed by atoms with E-state index in [1.165, 1.54) is 17.0 Å². The highest BCUT2D eigenvalue weighted by molar-refractivity contribution is 5.82. The first-order valence-electron chi connectivity index (χ1n) is 5.09. The van der Waals surface area contributed by atoms with Gasteiger partial charge in [-0.3, -0.25) is 4.79 Å². The molecule has 1 fully saturated rings. The van der Waals surface area contributed by atoms with Crippen molar-refractivity contribution in [1.29, 1.82) is 0 Å². The SMILES string of the molecule is O=C(O)CN1C(=O)NCC1c1ccc(F)cc1. The molecule has 5 nitrogen and oxygen atoms in total. The highest BCUT2D eigenvalue weighted by Crippen LogP contribution is 2.24. The number of hydrogen-bond acceptors (Lipinski definition) is 2. The average molecular weight is 238 g/mol. The number of carbonyl (C=O) groups is 2. The lowest BCUT2D eigenvalue weighted by Crippen LogP contribution is -2.34. The summed E-state index contributed by atoms with van der Waals surface area (Å²) in [6.07, 6.45) is 0. The van der Waals surface area contributed by atoms with E-state index in [9.17, 15) is 14.0 Å². The zero-order valence-electron chi connectivity index (χ0n) is 8.89. The Balaban J connectivity index is 2.22. The van der Waals surface area contributed by atoms with E-state index < -0.39 is 12.0 Å². The number of benzene rings is 1. The standard InChI is InChI=1S/C11H11FN2O3/c12-8-3-1-7(2-4-8)9-5-13-11(17)14(9)6-10(15)16/h1-4,9H,5-6H2,(H,13,17)(H,15,16). The van der Waals surface area contributed by atoms with Crippen LogP contribution in [0.25, 0.3) is 0 Å². The number of nitrogens with one attached hydrogen (secondary N) is 1. The first kappa shape index (κ1) is 11.4. The van der Waals surface area contributed by atoms with Gasteiger partial charge in [0.2, 0.25) is 0 Å². The quantitative estimate of drug-likeness (QED) is 0.824. The molecule has 1 atom stereocenters. The van der Waals surface area contributed by atoms with Gasteiger partial charge in [-0.2, -0.15) is 0 Å². The molecule has 90 valence electrons. The fourth-order valence-electron chi connectivity index (χ4n) is 1.85. The van der Waals surface area contributed by atoms with Gasteiger partial charge in [-0.05, 0) is 17.7 Å². The van der Waals surface area contributed by atoms with Crippen molar-refractivity contribution in [3.05, 3.63) is 35.6 Å². The third kappa shape index (κ3) is 2.35. The number of nitrogens with zero attached hydrogens (tertiary/aromatic N) is 1. The second-order valence-corrected chi connectivity index (χ2v) is 3.78. The minimum Gasteiger partial charge on any atom is -0.480 e. The molecule has 2 amide bonds. The van der Waals surface area contributed by atoms with Crippen molar-refractivity contribution in [3.8, 4) is 0 Å². The molecule has 1 aromatic rings. The molecule has 6 heteroatoms. The predicted octanol–water partition coefficient (Wildman–Crippen LogP) is 0.977. The van der Waals surface area contributed by atoms with Crippen LogP contribution < -0.4 is 5.32 Å². The lowest BCUT2D eigenvalue weighted by molar-refractivity contribution is -0.137. The minimum atomic E-state index is -1.07. The highest BCUT2D eigenvalue weighted by atomic mass is 19.1. The Hall–Kier alpha value is -2.11. The predicted molar refractivity (Wildman–Crippen MR) is 56.9 cm³/mol. The maximum atomic E-state index is 12.8. The van der Waals surface area contributed by atoms with Gasteiger partial charge in [0.1, 0.15) is 12.4 Å². The number of aliphatic carboxylic acids is 1. The molecule has 1 heterocycles. The molecule has 0 radical (unpaired) electrons. The van der Waals surface area contributed by atoms with Crippen LogP contribution in [0.1, 0.15) is 11.6 Å². The number of halogens is 1. The molecule has 1 aromatic carbocycles. The van der Waals surface area contributed by atoms with Crippen LogP contribution in [0.2, 0.25) is 0 Å². The van der Waals surface area contributed by atoms with Gasteiger partial charge in [-0.25, -0.2) is 9.18 Å². The van der Waals surface area contributed by atoms with Crippen LogP contribution in [0.15, 0.2) is 24.3 Å². The van der Waals surface area contributed by atoms with Gasteiger partial charge in [0, 0.05) is 6.54 Å². The van der Waals surface area contributed by atoms with Crippen molar-refractivity contribution in [1.82, 2.24) is 10.2 Å². The Labute approximate surface area is 96.8 Å². The van der Waals surface area contributed by atoms with Crippen LogP contribution in [-0.4, -0.2) is 35.1 Å². The van der Waals surface area contributed by atoms with Crippen LogP contribution >= 0.6 is 0 Å². The van der Waals surface area contributed by atoms with Crippen molar-refractivity contribution < 1.29 is 19.1 Å². The number of carbonyl (C=O) groups excluding carboxylic acids is 1. The zero-order chi connectivity index (χ0) is 12.4. The minimum absolute atomic E-state index is 0.331. The van der Waals surface area contributed by atoms with Crippen LogP contribution in [-0.2, 0) is 4.79 Å². The maximum Gasteiger partial charge on any atom is 0.323 e. The van der Waals surface area contributed by atoms with Gasteiger partial charge in [0.05, 0.1) is 6.04 Å². The smallest absolute Gasteiger partial charge is 0.323 e. The van der Waals surface area contributed by atoms with E-state index in [-0.39, 0.29) is 18.4 Å². The van der Waals surface area contributed by atoms with E-state index in [2.05, 4.69) is 5.32 Å². The van der Waals surface area contributed by atoms with E-state index >= 15 is 0 Å². The first-order valence-corrected chi connectivity index (χ1v) is 5.09. The Morgan fingerprint density at radius 2 is 2.12 bits per heavy atom. The number of amides is 2. The highest BCUT2D eigenvalue weighted by Gasteiger charge is 2.32. The molecule has 1 saturated heterocycles. The van der Waals surface area contributed by atoms with Crippen molar-refractivity contribution in [2.24, 2.45) is 0 Å². The molecule has 0 bridgehead atoms. The summed E-state index contributed by atoms with van der Waals surface area (Å²) in [5.74, 6) is -1.44. The third-order valence-corrected chi connectivity index (χ3v) is 2.64. The topological polar surface area (TPSA) is 69.6 Å². The monoisotopic (exact) mass is 238 g/mol. The number of urea groups is 1. The van der Waals surface area contributed by atoms with Gasteiger partial charge >= 0.3 is 12.0 Å². The number of hydrogen-bond donors (Lipinski definition) is 2. The van der Waals surface area contributed by atoms with Crippen molar-refractivity contribution in [2.75, 3.05) is 13.1 Å². The maximum absolute atomic E-state index is 12.8.